The van der Waals surface area contributed by atoms with Crippen LogP contribution in [0.3, 0.4) is 0 Å². The zero-order valence-electron chi connectivity index (χ0n) is 44.4. The molecule has 0 bridgehead atoms. The first kappa shape index (κ1) is 60.2. The van der Waals surface area contributed by atoms with E-state index < -0.39 is 157 Å². The lowest BCUT2D eigenvalue weighted by molar-refractivity contribution is -0.345. The number of rotatable bonds is 14. The van der Waals surface area contributed by atoms with Crippen molar-refractivity contribution >= 4 is 11.9 Å². The zero-order valence-corrected chi connectivity index (χ0v) is 44.4. The lowest BCUT2D eigenvalue weighted by Gasteiger charge is -2.50. The Hall–Kier alpha value is -2.66. The fourth-order valence-corrected chi connectivity index (χ4v) is 11.6. The molecular formula is C54H88O18. The van der Waals surface area contributed by atoms with Crippen LogP contribution in [0.25, 0.3) is 0 Å². The van der Waals surface area contributed by atoms with Gasteiger partial charge in [0.15, 0.2) is 24.2 Å². The number of carbonyl (C=O) groups excluding carboxylic acids is 2. The van der Waals surface area contributed by atoms with Gasteiger partial charge in [-0.3, -0.25) is 0 Å². The van der Waals surface area contributed by atoms with Gasteiger partial charge >= 0.3 is 11.9 Å². The van der Waals surface area contributed by atoms with E-state index in [-0.39, 0.29) is 37.5 Å². The fraction of sp³-hybridized carbons (Fsp3) is 0.815. The zero-order chi connectivity index (χ0) is 53.6. The average molecular weight is 1030 g/mol. The van der Waals surface area contributed by atoms with Gasteiger partial charge in [0, 0.05) is 85.2 Å². The van der Waals surface area contributed by atoms with Crippen molar-refractivity contribution in [1.29, 1.82) is 0 Å². The Morgan fingerprint density at radius 2 is 0.931 bits per heavy atom. The maximum atomic E-state index is 13.5. The highest BCUT2D eigenvalue weighted by Gasteiger charge is 2.54. The Bertz CT molecular complexity index is 1710. The molecular weight excluding hydrogens is 937 g/mol. The summed E-state index contributed by atoms with van der Waals surface area (Å²) < 4.78 is 49.1. The van der Waals surface area contributed by atoms with Gasteiger partial charge in [-0.2, -0.15) is 0 Å². The summed E-state index contributed by atoms with van der Waals surface area (Å²) in [5.41, 5.74) is 0. The number of hydrogen-bond donors (Lipinski definition) is 8. The second kappa shape index (κ2) is 25.9. The van der Waals surface area contributed by atoms with Gasteiger partial charge in [0.25, 0.3) is 0 Å². The molecule has 0 spiro atoms. The van der Waals surface area contributed by atoms with Crippen molar-refractivity contribution in [1.82, 2.24) is 0 Å². The first-order valence-electron chi connectivity index (χ1n) is 26.4. The first-order valence-corrected chi connectivity index (χ1v) is 26.4. The highest BCUT2D eigenvalue weighted by molar-refractivity contribution is 5.83. The number of carbonyl (C=O) groups is 2. The molecule has 4 saturated heterocycles. The normalized spacial score (nSPS) is 46.1. The van der Waals surface area contributed by atoms with Gasteiger partial charge in [-0.05, 0) is 40.5 Å². The van der Waals surface area contributed by atoms with Crippen LogP contribution in [-0.4, -0.2) is 162 Å². The average Bonchev–Trinajstić information content (AvgIpc) is 3.31. The van der Waals surface area contributed by atoms with Crippen molar-refractivity contribution in [3.05, 3.63) is 48.6 Å². The number of aliphatic hydroxyl groups excluding tert-OH is 6. The molecule has 18 heteroatoms. The molecule has 8 N–H and O–H groups in total. The number of esters is 2. The fourth-order valence-electron chi connectivity index (χ4n) is 11.6. The van der Waals surface area contributed by atoms with Crippen molar-refractivity contribution in [3.8, 4) is 0 Å². The number of hydrogen-bond acceptors (Lipinski definition) is 18. The van der Waals surface area contributed by atoms with Crippen LogP contribution in [0.5, 0.6) is 0 Å². The lowest BCUT2D eigenvalue weighted by Crippen LogP contribution is -2.59. The molecule has 72 heavy (non-hydrogen) atoms. The predicted molar refractivity (Wildman–Crippen MR) is 263 cm³/mol. The smallest absolute Gasteiger partial charge is 0.331 e. The van der Waals surface area contributed by atoms with Gasteiger partial charge in [-0.25, -0.2) is 9.59 Å². The highest BCUT2D eigenvalue weighted by Crippen LogP contribution is 2.45. The lowest BCUT2D eigenvalue weighted by atomic mass is 9.76. The summed E-state index contributed by atoms with van der Waals surface area (Å²) in [4.78, 5) is 27.0. The molecule has 0 amide bonds. The van der Waals surface area contributed by atoms with Gasteiger partial charge < -0.3 is 78.7 Å². The molecule has 5 aliphatic rings. The van der Waals surface area contributed by atoms with Crippen molar-refractivity contribution in [2.45, 2.75) is 231 Å². The van der Waals surface area contributed by atoms with Crippen LogP contribution in [-0.2, 0) is 47.5 Å². The van der Waals surface area contributed by atoms with Crippen LogP contribution in [0.2, 0.25) is 0 Å². The third-order valence-electron chi connectivity index (χ3n) is 16.5. The van der Waals surface area contributed by atoms with E-state index in [1.54, 1.807) is 79.7 Å². The van der Waals surface area contributed by atoms with E-state index >= 15 is 0 Å². The molecule has 5 aliphatic heterocycles. The number of ether oxygens (including phenoxy) is 8. The second-order valence-corrected chi connectivity index (χ2v) is 21.7. The van der Waals surface area contributed by atoms with E-state index in [2.05, 4.69) is 0 Å². The van der Waals surface area contributed by atoms with Gasteiger partial charge in [-0.1, -0.05) is 91.8 Å². The molecule has 0 aromatic rings. The Labute approximate surface area is 426 Å². The molecule has 412 valence electrons. The van der Waals surface area contributed by atoms with Gasteiger partial charge in [0.05, 0.1) is 61.0 Å². The molecule has 0 radical (unpaired) electrons. The Morgan fingerprint density at radius 3 is 1.25 bits per heavy atom. The summed E-state index contributed by atoms with van der Waals surface area (Å²) in [6.45, 7) is 21.3. The van der Waals surface area contributed by atoms with Crippen molar-refractivity contribution < 1.29 is 88.3 Å². The van der Waals surface area contributed by atoms with E-state index in [1.165, 1.54) is 24.3 Å². The molecule has 0 aromatic heterocycles. The number of allylic oxidation sites excluding steroid dienone is 4. The number of cyclic esters (lactones) is 2. The quantitative estimate of drug-likeness (QED) is 0.114. The third-order valence-corrected chi connectivity index (χ3v) is 16.5. The SMILES string of the molecule is CC[C@@H]1[C@@H](C)O[C@@](O)([C@@H](C)[C@H](O)[C@H](C)[C@H]2OC(=O)/C=C/C=C/[C@H](C)[C@@H]([C@@H](C)[C@@H](O)[C@H](C)[C@@]3(O)C[C@@H](O[C@H]4C[C@H](O)[C@H](O)[C@H](C)O4)[C@H](CC)[C@@H](C)O3)OC(=O)/C=C/C=C/[C@@H]2C)C[C@H]1O[C@H]1C[C@H](O)[C@H](O)[C@H](C)O1. The molecule has 0 saturated carbocycles. The standard InChI is InChI=1S/C54H88O18/c1-13-37-33(9)71-53(63,25-41(37)67-45-23-39(55)49(61)35(11)65-45)31(7)47(59)29(5)51-27(3)19-15-17-22-44(58)70-52(28(4)20-16-18-21-43(57)69-51)30(6)48(60)32(8)54(64)26-42(38(14-2)34(10)72-54)68-46-24-40(56)50(62)36(12)66-46/h15-22,27-42,45-52,55-56,59-64H,13-14,23-26H2,1-12H3/b19-15+,20-16+,21-18+,22-17+/t27-,28-,29-,30-,31-,32-,33+,34+,35-,36-,37+,38+,39-,40-,41+,42+,45-,46-,47+,48+,49+,50+,51-,52-,53+,54+/m0/s1. The van der Waals surface area contributed by atoms with E-state index in [0.29, 0.717) is 12.8 Å². The molecule has 0 unspecified atom stereocenters. The van der Waals surface area contributed by atoms with Crippen molar-refractivity contribution in [2.75, 3.05) is 0 Å². The number of aliphatic hydroxyl groups is 8. The summed E-state index contributed by atoms with van der Waals surface area (Å²) in [7, 11) is 0. The monoisotopic (exact) mass is 1020 g/mol. The van der Waals surface area contributed by atoms with Crippen LogP contribution < -0.4 is 0 Å². The second-order valence-electron chi connectivity index (χ2n) is 21.7. The predicted octanol–water partition coefficient (Wildman–Crippen LogP) is 4.12. The first-order chi connectivity index (χ1) is 33.7. The van der Waals surface area contributed by atoms with Crippen LogP contribution in [0.1, 0.15) is 122 Å². The van der Waals surface area contributed by atoms with E-state index in [4.69, 9.17) is 37.9 Å². The maximum absolute atomic E-state index is 13.5. The van der Waals surface area contributed by atoms with E-state index in [0.717, 1.165) is 0 Å². The van der Waals surface area contributed by atoms with Crippen LogP contribution >= 0.6 is 0 Å². The van der Waals surface area contributed by atoms with Crippen molar-refractivity contribution in [2.24, 2.45) is 47.3 Å². The minimum absolute atomic E-state index is 0.0264. The molecule has 26 atom stereocenters. The molecule has 18 nitrogen and oxygen atoms in total. The summed E-state index contributed by atoms with van der Waals surface area (Å²) in [6, 6.07) is 0. The molecule has 0 aromatic carbocycles. The Balaban J connectivity index is 1.28. The summed E-state index contributed by atoms with van der Waals surface area (Å²) in [5.74, 6) is -9.84. The van der Waals surface area contributed by atoms with Crippen LogP contribution in [0, 0.1) is 47.3 Å². The Kier molecular flexibility index (Phi) is 21.7. The van der Waals surface area contributed by atoms with Gasteiger partial charge in [-0.15, -0.1) is 0 Å². The molecule has 5 heterocycles. The summed E-state index contributed by atoms with van der Waals surface area (Å²) in [5, 5.41) is 89.6. The highest BCUT2D eigenvalue weighted by atomic mass is 16.7. The Morgan fingerprint density at radius 1 is 0.583 bits per heavy atom. The van der Waals surface area contributed by atoms with Crippen molar-refractivity contribution in [3.63, 3.8) is 0 Å². The maximum Gasteiger partial charge on any atom is 0.331 e. The van der Waals surface area contributed by atoms with Gasteiger partial charge in [0.2, 0.25) is 0 Å². The summed E-state index contributed by atoms with van der Waals surface area (Å²) in [6.07, 6.45) is -0.317. The van der Waals surface area contributed by atoms with Crippen LogP contribution in [0.4, 0.5) is 0 Å². The molecule has 4 fully saturated rings. The van der Waals surface area contributed by atoms with Gasteiger partial charge in [0.1, 0.15) is 24.4 Å². The van der Waals surface area contributed by atoms with E-state index in [9.17, 15) is 50.4 Å². The minimum atomic E-state index is -1.88. The van der Waals surface area contributed by atoms with Crippen LogP contribution in [0.15, 0.2) is 48.6 Å². The third kappa shape index (κ3) is 14.4. The summed E-state index contributed by atoms with van der Waals surface area (Å²) >= 11 is 0. The molecule has 0 aliphatic carbocycles. The topological polar surface area (TPSA) is 270 Å². The largest absolute Gasteiger partial charge is 0.458 e. The van der Waals surface area contributed by atoms with E-state index in [1.807, 2.05) is 27.7 Å². The molecule has 5 rings (SSSR count). The minimum Gasteiger partial charge on any atom is -0.458 e.